The summed E-state index contributed by atoms with van der Waals surface area (Å²) < 4.78 is 5.85. The summed E-state index contributed by atoms with van der Waals surface area (Å²) in [5.41, 5.74) is 4.37. The summed E-state index contributed by atoms with van der Waals surface area (Å²) in [4.78, 5) is 17.0. The molecule has 1 saturated heterocycles. The van der Waals surface area contributed by atoms with Crippen LogP contribution in [0.5, 0.6) is 5.75 Å². The van der Waals surface area contributed by atoms with E-state index in [1.165, 1.54) is 0 Å². The number of phenols is 1. The summed E-state index contributed by atoms with van der Waals surface area (Å²) in [5.74, 6) is 1.14. The smallest absolute Gasteiger partial charge is 0.253 e. The van der Waals surface area contributed by atoms with Crippen LogP contribution in [0.3, 0.4) is 0 Å². The Morgan fingerprint density at radius 2 is 1.55 bits per heavy atom. The number of aryl methyl sites for hydroxylation is 1. The van der Waals surface area contributed by atoms with Crippen molar-refractivity contribution in [2.24, 2.45) is 0 Å². The van der Waals surface area contributed by atoms with E-state index in [4.69, 9.17) is 4.42 Å². The van der Waals surface area contributed by atoms with Crippen LogP contribution in [0.2, 0.25) is 0 Å². The summed E-state index contributed by atoms with van der Waals surface area (Å²) in [6.07, 6.45) is 0. The van der Waals surface area contributed by atoms with E-state index in [0.29, 0.717) is 30.4 Å². The minimum atomic E-state index is 0.00286. The van der Waals surface area contributed by atoms with E-state index in [2.05, 4.69) is 15.1 Å². The SMILES string of the molecule is Cc1cccc(-c2nnc(-c3ccc(C(=O)N4CCN(c5cccc(O)c5)CC4)cc3)o2)c1. The van der Waals surface area contributed by atoms with Crippen molar-refractivity contribution >= 4 is 11.6 Å². The van der Waals surface area contributed by atoms with E-state index in [1.54, 1.807) is 24.3 Å². The molecule has 0 atom stereocenters. The van der Waals surface area contributed by atoms with E-state index in [9.17, 15) is 9.90 Å². The van der Waals surface area contributed by atoms with Crippen molar-refractivity contribution in [3.63, 3.8) is 0 Å². The second kappa shape index (κ2) is 8.78. The highest BCUT2D eigenvalue weighted by molar-refractivity contribution is 5.94. The molecule has 1 aliphatic rings. The van der Waals surface area contributed by atoms with Crippen molar-refractivity contribution < 1.29 is 14.3 Å². The van der Waals surface area contributed by atoms with Gasteiger partial charge in [0, 0.05) is 54.6 Å². The zero-order valence-corrected chi connectivity index (χ0v) is 18.3. The number of aromatic hydroxyl groups is 1. The normalized spacial score (nSPS) is 13.8. The molecule has 3 aromatic carbocycles. The Labute approximate surface area is 191 Å². The molecular weight excluding hydrogens is 416 g/mol. The quantitative estimate of drug-likeness (QED) is 0.507. The lowest BCUT2D eigenvalue weighted by Crippen LogP contribution is -2.48. The van der Waals surface area contributed by atoms with Crippen molar-refractivity contribution in [3.8, 4) is 28.7 Å². The minimum Gasteiger partial charge on any atom is -0.508 e. The molecule has 166 valence electrons. The van der Waals surface area contributed by atoms with Gasteiger partial charge in [0.05, 0.1) is 0 Å². The van der Waals surface area contributed by atoms with Crippen LogP contribution in [0.1, 0.15) is 15.9 Å². The molecule has 7 nitrogen and oxygen atoms in total. The van der Waals surface area contributed by atoms with Crippen molar-refractivity contribution in [2.75, 3.05) is 31.1 Å². The average Bonchev–Trinajstić information content (AvgIpc) is 3.34. The Morgan fingerprint density at radius 3 is 2.24 bits per heavy atom. The molecule has 0 saturated carbocycles. The van der Waals surface area contributed by atoms with E-state index >= 15 is 0 Å². The number of rotatable bonds is 4. The fourth-order valence-corrected chi connectivity index (χ4v) is 4.03. The number of hydrogen-bond acceptors (Lipinski definition) is 6. The molecule has 1 fully saturated rings. The zero-order valence-electron chi connectivity index (χ0n) is 18.3. The number of amides is 1. The number of hydrogen-bond donors (Lipinski definition) is 1. The molecule has 2 heterocycles. The summed E-state index contributed by atoms with van der Waals surface area (Å²) in [6.45, 7) is 4.70. The molecule has 0 bridgehead atoms. The molecular formula is C26H24N4O3. The minimum absolute atomic E-state index is 0.00286. The number of phenolic OH excluding ortho intramolecular Hbond substituents is 1. The maximum absolute atomic E-state index is 13.0. The third-order valence-corrected chi connectivity index (χ3v) is 5.83. The van der Waals surface area contributed by atoms with Gasteiger partial charge < -0.3 is 19.3 Å². The number of aromatic nitrogens is 2. The second-order valence-electron chi connectivity index (χ2n) is 8.16. The molecule has 0 radical (unpaired) electrons. The number of benzene rings is 3. The first-order valence-corrected chi connectivity index (χ1v) is 10.9. The van der Waals surface area contributed by atoms with Crippen LogP contribution >= 0.6 is 0 Å². The molecule has 5 rings (SSSR count). The van der Waals surface area contributed by atoms with Crippen LogP contribution in [0.25, 0.3) is 22.9 Å². The Balaban J connectivity index is 1.24. The van der Waals surface area contributed by atoms with Crippen molar-refractivity contribution in [1.82, 2.24) is 15.1 Å². The topological polar surface area (TPSA) is 82.7 Å². The Hall–Kier alpha value is -4.13. The second-order valence-corrected chi connectivity index (χ2v) is 8.16. The van der Waals surface area contributed by atoms with Gasteiger partial charge in [0.15, 0.2) is 0 Å². The van der Waals surface area contributed by atoms with Crippen LogP contribution in [0.4, 0.5) is 5.69 Å². The molecule has 1 aromatic heterocycles. The third-order valence-electron chi connectivity index (χ3n) is 5.83. The Bertz CT molecular complexity index is 1270. The Kier molecular flexibility index (Phi) is 5.52. The van der Waals surface area contributed by atoms with Gasteiger partial charge in [0.2, 0.25) is 11.8 Å². The van der Waals surface area contributed by atoms with E-state index in [-0.39, 0.29) is 11.7 Å². The standard InChI is InChI=1S/C26H24N4O3/c1-18-4-2-5-21(16-18)25-28-27-24(33-25)19-8-10-20(11-9-19)26(32)30-14-12-29(13-15-30)22-6-3-7-23(31)17-22/h2-11,16-17,31H,12-15H2,1H3. The van der Waals surface area contributed by atoms with Crippen LogP contribution in [-0.4, -0.2) is 52.3 Å². The van der Waals surface area contributed by atoms with Gasteiger partial charge in [-0.25, -0.2) is 0 Å². The fraction of sp³-hybridized carbons (Fsp3) is 0.192. The van der Waals surface area contributed by atoms with Gasteiger partial charge >= 0.3 is 0 Å². The number of nitrogens with zero attached hydrogens (tertiary/aromatic N) is 4. The zero-order chi connectivity index (χ0) is 22.8. The van der Waals surface area contributed by atoms with Gasteiger partial charge in [-0.1, -0.05) is 23.8 Å². The van der Waals surface area contributed by atoms with Gasteiger partial charge in [0.1, 0.15) is 5.75 Å². The average molecular weight is 441 g/mol. The molecule has 7 heteroatoms. The highest BCUT2D eigenvalue weighted by Gasteiger charge is 2.23. The predicted octanol–water partition coefficient (Wildman–Crippen LogP) is 4.38. The summed E-state index contributed by atoms with van der Waals surface area (Å²) >= 11 is 0. The maximum atomic E-state index is 13.0. The van der Waals surface area contributed by atoms with Gasteiger partial charge in [-0.2, -0.15) is 0 Å². The van der Waals surface area contributed by atoms with Crippen LogP contribution in [-0.2, 0) is 0 Å². The number of piperazine rings is 1. The van der Waals surface area contributed by atoms with E-state index in [1.807, 2.05) is 60.4 Å². The molecule has 0 unspecified atom stereocenters. The lowest BCUT2D eigenvalue weighted by molar-refractivity contribution is 0.0746. The molecule has 0 aliphatic carbocycles. The third kappa shape index (κ3) is 4.43. The summed E-state index contributed by atoms with van der Waals surface area (Å²) in [7, 11) is 0. The first-order chi connectivity index (χ1) is 16.1. The molecule has 4 aromatic rings. The number of carbonyl (C=O) groups is 1. The molecule has 1 aliphatic heterocycles. The Morgan fingerprint density at radius 1 is 0.848 bits per heavy atom. The van der Waals surface area contributed by atoms with Crippen molar-refractivity contribution in [1.29, 1.82) is 0 Å². The first-order valence-electron chi connectivity index (χ1n) is 10.9. The predicted molar refractivity (Wildman–Crippen MR) is 126 cm³/mol. The number of carbonyl (C=O) groups excluding carboxylic acids is 1. The number of anilines is 1. The highest BCUT2D eigenvalue weighted by Crippen LogP contribution is 2.25. The largest absolute Gasteiger partial charge is 0.508 e. The molecule has 1 amide bonds. The lowest BCUT2D eigenvalue weighted by atomic mass is 10.1. The monoisotopic (exact) mass is 440 g/mol. The summed E-state index contributed by atoms with van der Waals surface area (Å²) in [6, 6.07) is 22.4. The molecule has 33 heavy (non-hydrogen) atoms. The molecule has 0 spiro atoms. The van der Waals surface area contributed by atoms with Crippen LogP contribution in [0, 0.1) is 6.92 Å². The van der Waals surface area contributed by atoms with E-state index < -0.39 is 0 Å². The fourth-order valence-electron chi connectivity index (χ4n) is 4.03. The van der Waals surface area contributed by atoms with Crippen LogP contribution in [0.15, 0.2) is 77.2 Å². The molecule has 1 N–H and O–H groups in total. The highest BCUT2D eigenvalue weighted by atomic mass is 16.4. The van der Waals surface area contributed by atoms with Gasteiger partial charge in [-0.3, -0.25) is 4.79 Å². The van der Waals surface area contributed by atoms with Crippen molar-refractivity contribution in [3.05, 3.63) is 83.9 Å². The van der Waals surface area contributed by atoms with Crippen LogP contribution < -0.4 is 4.90 Å². The van der Waals surface area contributed by atoms with Crippen molar-refractivity contribution in [2.45, 2.75) is 6.92 Å². The van der Waals surface area contributed by atoms with Gasteiger partial charge in [0.25, 0.3) is 5.91 Å². The van der Waals surface area contributed by atoms with Gasteiger partial charge in [-0.05, 0) is 55.5 Å². The lowest BCUT2D eigenvalue weighted by Gasteiger charge is -2.36. The summed E-state index contributed by atoms with van der Waals surface area (Å²) in [5, 5.41) is 18.0. The first kappa shape index (κ1) is 20.8. The maximum Gasteiger partial charge on any atom is 0.253 e. The van der Waals surface area contributed by atoms with E-state index in [0.717, 1.165) is 35.5 Å². The van der Waals surface area contributed by atoms with Gasteiger partial charge in [-0.15, -0.1) is 10.2 Å².